The van der Waals surface area contributed by atoms with Gasteiger partial charge in [-0.3, -0.25) is 4.57 Å². The van der Waals surface area contributed by atoms with Crippen molar-refractivity contribution < 1.29 is 13.9 Å². The number of halogens is 1. The Bertz CT molecular complexity index is 912. The zero-order valence-corrected chi connectivity index (χ0v) is 12.3. The van der Waals surface area contributed by atoms with Crippen molar-refractivity contribution in [3.63, 3.8) is 0 Å². The van der Waals surface area contributed by atoms with Crippen LogP contribution in [0.5, 0.6) is 5.75 Å². The van der Waals surface area contributed by atoms with Crippen molar-refractivity contribution in [2.24, 2.45) is 0 Å². The predicted octanol–water partition coefficient (Wildman–Crippen LogP) is 3.16. The standard InChI is InChI=1S/C16H12ClNO4/c17-12-5-10(15-11(6-12)8-20-9-21-15)7-18-13-3-1-2-4-14(13)22-16(18)19/h1-6H,7-9H2. The molecule has 0 saturated heterocycles. The minimum absolute atomic E-state index is 0.197. The van der Waals surface area contributed by atoms with Crippen molar-refractivity contribution >= 4 is 22.7 Å². The van der Waals surface area contributed by atoms with Crippen molar-refractivity contribution in [3.05, 3.63) is 63.1 Å². The summed E-state index contributed by atoms with van der Waals surface area (Å²) in [6.45, 7) is 0.978. The molecule has 5 nitrogen and oxygen atoms in total. The van der Waals surface area contributed by atoms with Gasteiger partial charge in [0.1, 0.15) is 5.75 Å². The molecule has 112 valence electrons. The Morgan fingerprint density at radius 3 is 3.00 bits per heavy atom. The third kappa shape index (κ3) is 2.19. The number of nitrogens with zero attached hydrogens (tertiary/aromatic N) is 1. The van der Waals surface area contributed by atoms with Gasteiger partial charge in [-0.25, -0.2) is 4.79 Å². The van der Waals surface area contributed by atoms with E-state index in [1.54, 1.807) is 16.7 Å². The van der Waals surface area contributed by atoms with Crippen LogP contribution in [0, 0.1) is 0 Å². The van der Waals surface area contributed by atoms with Crippen LogP contribution in [-0.4, -0.2) is 11.4 Å². The maximum atomic E-state index is 12.1. The van der Waals surface area contributed by atoms with E-state index in [-0.39, 0.29) is 6.79 Å². The van der Waals surface area contributed by atoms with E-state index < -0.39 is 5.76 Å². The van der Waals surface area contributed by atoms with E-state index in [4.69, 9.17) is 25.5 Å². The fourth-order valence-electron chi connectivity index (χ4n) is 2.71. The van der Waals surface area contributed by atoms with Crippen molar-refractivity contribution in [2.75, 3.05) is 6.79 Å². The molecule has 1 aliphatic heterocycles. The van der Waals surface area contributed by atoms with Crippen LogP contribution in [0.3, 0.4) is 0 Å². The van der Waals surface area contributed by atoms with Gasteiger partial charge >= 0.3 is 5.76 Å². The molecule has 1 aliphatic rings. The van der Waals surface area contributed by atoms with E-state index in [2.05, 4.69) is 0 Å². The number of hydrogen-bond donors (Lipinski definition) is 0. The number of fused-ring (bicyclic) bond motifs is 2. The molecule has 0 bridgehead atoms. The van der Waals surface area contributed by atoms with Crippen molar-refractivity contribution in [2.45, 2.75) is 13.2 Å². The third-order valence-corrected chi connectivity index (χ3v) is 3.87. The molecule has 3 aromatic rings. The molecular formula is C16H12ClNO4. The van der Waals surface area contributed by atoms with Gasteiger partial charge in [-0.1, -0.05) is 23.7 Å². The molecule has 0 aliphatic carbocycles. The second kappa shape index (κ2) is 5.19. The van der Waals surface area contributed by atoms with E-state index in [1.807, 2.05) is 24.3 Å². The third-order valence-electron chi connectivity index (χ3n) is 3.65. The van der Waals surface area contributed by atoms with E-state index in [0.717, 1.165) is 22.4 Å². The summed E-state index contributed by atoms with van der Waals surface area (Å²) in [7, 11) is 0. The maximum Gasteiger partial charge on any atom is 0.420 e. The molecule has 0 spiro atoms. The fraction of sp³-hybridized carbons (Fsp3) is 0.188. The van der Waals surface area contributed by atoms with Gasteiger partial charge in [0.15, 0.2) is 12.4 Å². The molecule has 2 aromatic carbocycles. The highest BCUT2D eigenvalue weighted by atomic mass is 35.5. The van der Waals surface area contributed by atoms with Crippen LogP contribution in [0.4, 0.5) is 0 Å². The topological polar surface area (TPSA) is 53.6 Å². The molecule has 6 heteroatoms. The largest absolute Gasteiger partial charge is 0.467 e. The Labute approximate surface area is 130 Å². The van der Waals surface area contributed by atoms with Crippen LogP contribution in [0.15, 0.2) is 45.6 Å². The molecule has 0 fully saturated rings. The zero-order valence-electron chi connectivity index (χ0n) is 11.5. The number of aromatic nitrogens is 1. The van der Waals surface area contributed by atoms with Crippen molar-refractivity contribution in [1.82, 2.24) is 4.57 Å². The average molecular weight is 318 g/mol. The normalized spacial score (nSPS) is 13.9. The van der Waals surface area contributed by atoms with E-state index in [0.29, 0.717) is 23.8 Å². The number of benzene rings is 2. The van der Waals surface area contributed by atoms with Crippen molar-refractivity contribution in [3.8, 4) is 5.75 Å². The Hall–Kier alpha value is -2.24. The SMILES string of the molecule is O=c1oc2ccccc2n1Cc1cc(Cl)cc2c1OCOC2. The Balaban J connectivity index is 1.85. The smallest absolute Gasteiger partial charge is 0.420 e. The van der Waals surface area contributed by atoms with Crippen LogP contribution in [0.25, 0.3) is 11.1 Å². The lowest BCUT2D eigenvalue weighted by molar-refractivity contribution is -0.0170. The molecule has 0 unspecified atom stereocenters. The molecule has 22 heavy (non-hydrogen) atoms. The monoisotopic (exact) mass is 317 g/mol. The highest BCUT2D eigenvalue weighted by molar-refractivity contribution is 6.30. The summed E-state index contributed by atoms with van der Waals surface area (Å²) in [6.07, 6.45) is 0. The average Bonchev–Trinajstić information content (AvgIpc) is 2.83. The summed E-state index contributed by atoms with van der Waals surface area (Å²) < 4.78 is 17.7. The number of oxazole rings is 1. The van der Waals surface area contributed by atoms with Crippen LogP contribution >= 0.6 is 11.6 Å². The number of hydrogen-bond acceptors (Lipinski definition) is 4. The summed E-state index contributed by atoms with van der Waals surface area (Å²) in [4.78, 5) is 12.1. The summed E-state index contributed by atoms with van der Waals surface area (Å²) in [5.74, 6) is 0.329. The summed E-state index contributed by atoms with van der Waals surface area (Å²) in [5, 5.41) is 0.587. The van der Waals surface area contributed by atoms with Gasteiger partial charge < -0.3 is 13.9 Å². The number of ether oxygens (including phenoxy) is 2. The molecule has 0 amide bonds. The van der Waals surface area contributed by atoms with Crippen LogP contribution in [0.2, 0.25) is 5.02 Å². The van der Waals surface area contributed by atoms with Gasteiger partial charge in [-0.2, -0.15) is 0 Å². The molecule has 2 heterocycles. The lowest BCUT2D eigenvalue weighted by Crippen LogP contribution is -2.18. The molecular weight excluding hydrogens is 306 g/mol. The van der Waals surface area contributed by atoms with Gasteiger partial charge in [0, 0.05) is 16.1 Å². The van der Waals surface area contributed by atoms with Crippen LogP contribution in [0.1, 0.15) is 11.1 Å². The van der Waals surface area contributed by atoms with Gasteiger partial charge in [0.2, 0.25) is 0 Å². The van der Waals surface area contributed by atoms with E-state index >= 15 is 0 Å². The highest BCUT2D eigenvalue weighted by Gasteiger charge is 2.18. The quantitative estimate of drug-likeness (QED) is 0.728. The minimum Gasteiger partial charge on any atom is -0.467 e. The lowest BCUT2D eigenvalue weighted by Gasteiger charge is -2.21. The summed E-state index contributed by atoms with van der Waals surface area (Å²) in [5.41, 5.74) is 3.02. The maximum absolute atomic E-state index is 12.1. The zero-order chi connectivity index (χ0) is 15.1. The number of para-hydroxylation sites is 2. The summed E-state index contributed by atoms with van der Waals surface area (Å²) >= 11 is 6.16. The Morgan fingerprint density at radius 2 is 2.09 bits per heavy atom. The van der Waals surface area contributed by atoms with Gasteiger partial charge in [0.25, 0.3) is 0 Å². The fourth-order valence-corrected chi connectivity index (χ4v) is 2.97. The first kappa shape index (κ1) is 13.4. The molecule has 0 saturated carbocycles. The Morgan fingerprint density at radius 1 is 1.23 bits per heavy atom. The Kier molecular flexibility index (Phi) is 3.17. The van der Waals surface area contributed by atoms with Gasteiger partial charge in [-0.05, 0) is 24.3 Å². The van der Waals surface area contributed by atoms with Crippen molar-refractivity contribution in [1.29, 1.82) is 0 Å². The molecule has 0 radical (unpaired) electrons. The lowest BCUT2D eigenvalue weighted by atomic mass is 10.1. The second-order valence-corrected chi connectivity index (χ2v) is 5.52. The molecule has 0 N–H and O–H groups in total. The number of rotatable bonds is 2. The highest BCUT2D eigenvalue weighted by Crippen LogP contribution is 2.32. The van der Waals surface area contributed by atoms with E-state index in [9.17, 15) is 4.79 Å². The first-order valence-corrected chi connectivity index (χ1v) is 7.20. The van der Waals surface area contributed by atoms with Crippen LogP contribution in [-0.2, 0) is 17.9 Å². The van der Waals surface area contributed by atoms with Gasteiger partial charge in [-0.15, -0.1) is 0 Å². The second-order valence-electron chi connectivity index (χ2n) is 5.09. The van der Waals surface area contributed by atoms with Crippen LogP contribution < -0.4 is 10.5 Å². The minimum atomic E-state index is -0.401. The molecule has 1 aromatic heterocycles. The molecule has 4 rings (SSSR count). The summed E-state index contributed by atoms with van der Waals surface area (Å²) in [6, 6.07) is 10.9. The first-order valence-electron chi connectivity index (χ1n) is 6.82. The van der Waals surface area contributed by atoms with Gasteiger partial charge in [0.05, 0.1) is 18.7 Å². The molecule has 0 atom stereocenters. The predicted molar refractivity (Wildman–Crippen MR) is 81.3 cm³/mol. The first-order chi connectivity index (χ1) is 10.7. The van der Waals surface area contributed by atoms with E-state index in [1.165, 1.54) is 0 Å².